The number of benzene rings is 1. The topological polar surface area (TPSA) is 71.5 Å². The number of methoxy groups -OCH3 is 1. The Hall–Kier alpha value is -2.89. The maximum atomic E-state index is 13.0. The van der Waals surface area contributed by atoms with E-state index in [0.29, 0.717) is 11.3 Å². The fraction of sp³-hybridized carbons (Fsp3) is 0.278. The number of pyridine rings is 1. The fourth-order valence-corrected chi connectivity index (χ4v) is 2.96. The summed E-state index contributed by atoms with van der Waals surface area (Å²) >= 11 is 0. The van der Waals surface area contributed by atoms with Crippen LogP contribution in [0.25, 0.3) is 0 Å². The van der Waals surface area contributed by atoms with Gasteiger partial charge in [0.15, 0.2) is 0 Å². The van der Waals surface area contributed by atoms with Crippen molar-refractivity contribution in [2.24, 2.45) is 0 Å². The molecule has 1 unspecified atom stereocenters. The van der Waals surface area contributed by atoms with Crippen LogP contribution in [-0.4, -0.2) is 30.1 Å². The van der Waals surface area contributed by atoms with Crippen molar-refractivity contribution < 1.29 is 14.3 Å². The average Bonchev–Trinajstić information content (AvgIpc) is 2.95. The predicted molar refractivity (Wildman–Crippen MR) is 89.9 cm³/mol. The molecule has 0 aliphatic carbocycles. The molecule has 3 rings (SSSR count). The van der Waals surface area contributed by atoms with Crippen molar-refractivity contribution >= 4 is 17.7 Å². The summed E-state index contributed by atoms with van der Waals surface area (Å²) in [5.74, 6) is -0.0610. The van der Waals surface area contributed by atoms with Gasteiger partial charge in [-0.2, -0.15) is 0 Å². The van der Waals surface area contributed by atoms with Crippen LogP contribution < -0.4 is 10.2 Å². The van der Waals surface area contributed by atoms with E-state index in [1.54, 1.807) is 18.3 Å². The van der Waals surface area contributed by atoms with Gasteiger partial charge >= 0.3 is 6.09 Å². The highest BCUT2D eigenvalue weighted by molar-refractivity contribution is 6.07. The molecule has 24 heavy (non-hydrogen) atoms. The number of nitrogens with one attached hydrogen (secondary N) is 1. The number of carbonyl (C=O) groups is 2. The van der Waals surface area contributed by atoms with E-state index >= 15 is 0 Å². The van der Waals surface area contributed by atoms with Crippen molar-refractivity contribution in [3.05, 3.63) is 59.4 Å². The molecule has 1 aromatic heterocycles. The van der Waals surface area contributed by atoms with Crippen LogP contribution in [0.1, 0.15) is 28.5 Å². The molecular formula is C18H19N3O3. The number of amides is 2. The van der Waals surface area contributed by atoms with Crippen molar-refractivity contribution in [1.29, 1.82) is 0 Å². The van der Waals surface area contributed by atoms with Crippen LogP contribution in [0.2, 0.25) is 0 Å². The Labute approximate surface area is 140 Å². The van der Waals surface area contributed by atoms with Gasteiger partial charge in [0.2, 0.25) is 0 Å². The lowest BCUT2D eigenvalue weighted by atomic mass is 10.1. The molecule has 1 aliphatic rings. The first kappa shape index (κ1) is 16.0. The smallest absolute Gasteiger partial charge is 0.407 e. The van der Waals surface area contributed by atoms with Gasteiger partial charge < -0.3 is 15.0 Å². The van der Waals surface area contributed by atoms with Crippen molar-refractivity contribution in [3.63, 3.8) is 0 Å². The lowest BCUT2D eigenvalue weighted by molar-refractivity contribution is 0.0981. The zero-order valence-corrected chi connectivity index (χ0v) is 13.7. The Morgan fingerprint density at radius 1 is 1.33 bits per heavy atom. The van der Waals surface area contributed by atoms with Gasteiger partial charge in [0, 0.05) is 23.5 Å². The van der Waals surface area contributed by atoms with E-state index in [-0.39, 0.29) is 18.5 Å². The molecular weight excluding hydrogens is 306 g/mol. The zero-order chi connectivity index (χ0) is 17.1. The van der Waals surface area contributed by atoms with E-state index in [1.807, 2.05) is 30.0 Å². The first-order valence-electron chi connectivity index (χ1n) is 7.78. The lowest BCUT2D eigenvalue weighted by Gasteiger charge is -2.23. The Balaban J connectivity index is 1.82. The minimum atomic E-state index is -0.532. The van der Waals surface area contributed by atoms with Gasteiger partial charge in [0.05, 0.1) is 19.3 Å². The standard InChI is InChI=1S/C18H19N3O3/c1-12-9-13-5-3-4-6-16(13)21(12)17(22)14-7-8-19-15(10-14)11-20-18(23)24-2/h3-8,10,12H,9,11H2,1-2H3,(H,20,23). The monoisotopic (exact) mass is 325 g/mol. The van der Waals surface area contributed by atoms with E-state index in [0.717, 1.165) is 12.1 Å². The van der Waals surface area contributed by atoms with E-state index in [4.69, 9.17) is 0 Å². The van der Waals surface area contributed by atoms with Gasteiger partial charge in [-0.15, -0.1) is 0 Å². The van der Waals surface area contributed by atoms with Crippen LogP contribution in [0.5, 0.6) is 0 Å². The van der Waals surface area contributed by atoms with Gasteiger partial charge in [0.25, 0.3) is 5.91 Å². The summed E-state index contributed by atoms with van der Waals surface area (Å²) in [5, 5.41) is 2.56. The maximum absolute atomic E-state index is 13.0. The largest absolute Gasteiger partial charge is 0.453 e. The third-order valence-corrected chi connectivity index (χ3v) is 4.09. The van der Waals surface area contributed by atoms with Crippen LogP contribution >= 0.6 is 0 Å². The number of hydrogen-bond acceptors (Lipinski definition) is 4. The van der Waals surface area contributed by atoms with Crippen LogP contribution in [-0.2, 0) is 17.7 Å². The van der Waals surface area contributed by atoms with Crippen LogP contribution in [0, 0.1) is 0 Å². The van der Waals surface area contributed by atoms with Crippen LogP contribution in [0.3, 0.4) is 0 Å². The molecule has 2 heterocycles. The number of carbonyl (C=O) groups excluding carboxylic acids is 2. The molecule has 0 saturated carbocycles. The Bertz CT molecular complexity index is 776. The van der Waals surface area contributed by atoms with E-state index in [1.165, 1.54) is 12.7 Å². The number of alkyl carbamates (subject to hydrolysis) is 1. The summed E-state index contributed by atoms with van der Waals surface area (Å²) in [6.45, 7) is 2.25. The molecule has 2 amide bonds. The number of rotatable bonds is 3. The molecule has 0 spiro atoms. The van der Waals surface area contributed by atoms with E-state index < -0.39 is 6.09 Å². The van der Waals surface area contributed by atoms with Crippen molar-refractivity contribution in [1.82, 2.24) is 10.3 Å². The third kappa shape index (κ3) is 3.08. The van der Waals surface area contributed by atoms with Crippen molar-refractivity contribution in [3.8, 4) is 0 Å². The van der Waals surface area contributed by atoms with Gasteiger partial charge in [-0.25, -0.2) is 4.79 Å². The molecule has 6 nitrogen and oxygen atoms in total. The number of aromatic nitrogens is 1. The average molecular weight is 325 g/mol. The molecule has 0 bridgehead atoms. The second-order valence-electron chi connectivity index (χ2n) is 5.74. The second kappa shape index (κ2) is 6.70. The van der Waals surface area contributed by atoms with Crippen LogP contribution in [0.15, 0.2) is 42.6 Å². The summed E-state index contributed by atoms with van der Waals surface area (Å²) < 4.78 is 4.53. The number of fused-ring (bicyclic) bond motifs is 1. The summed E-state index contributed by atoms with van der Waals surface area (Å²) in [6.07, 6.45) is 1.90. The highest BCUT2D eigenvalue weighted by Crippen LogP contribution is 2.32. The molecule has 6 heteroatoms. The molecule has 1 N–H and O–H groups in total. The van der Waals surface area contributed by atoms with Gasteiger partial charge in [-0.3, -0.25) is 9.78 Å². The minimum absolute atomic E-state index is 0.0610. The number of hydrogen-bond donors (Lipinski definition) is 1. The minimum Gasteiger partial charge on any atom is -0.453 e. The molecule has 1 aromatic carbocycles. The first-order valence-corrected chi connectivity index (χ1v) is 7.78. The Morgan fingerprint density at radius 2 is 2.12 bits per heavy atom. The lowest BCUT2D eigenvalue weighted by Crippen LogP contribution is -2.35. The molecule has 124 valence electrons. The molecule has 1 aliphatic heterocycles. The number of para-hydroxylation sites is 1. The highest BCUT2D eigenvalue weighted by Gasteiger charge is 2.31. The molecule has 1 atom stereocenters. The summed E-state index contributed by atoms with van der Waals surface area (Å²) in [6, 6.07) is 11.5. The number of ether oxygens (including phenoxy) is 1. The van der Waals surface area contributed by atoms with Crippen LogP contribution in [0.4, 0.5) is 10.5 Å². The molecule has 0 fully saturated rings. The first-order chi connectivity index (χ1) is 11.6. The van der Waals surface area contributed by atoms with Crippen molar-refractivity contribution in [2.45, 2.75) is 25.9 Å². The third-order valence-electron chi connectivity index (χ3n) is 4.09. The van der Waals surface area contributed by atoms with Gasteiger partial charge in [0.1, 0.15) is 0 Å². The van der Waals surface area contributed by atoms with Gasteiger partial charge in [-0.05, 0) is 37.1 Å². The predicted octanol–water partition coefficient (Wildman–Crippen LogP) is 2.53. The zero-order valence-electron chi connectivity index (χ0n) is 13.7. The van der Waals surface area contributed by atoms with Crippen molar-refractivity contribution in [2.75, 3.05) is 12.0 Å². The fourth-order valence-electron chi connectivity index (χ4n) is 2.96. The molecule has 2 aromatic rings. The number of nitrogens with zero attached hydrogens (tertiary/aromatic N) is 2. The quantitative estimate of drug-likeness (QED) is 0.941. The van der Waals surface area contributed by atoms with Gasteiger partial charge in [-0.1, -0.05) is 18.2 Å². The number of anilines is 1. The highest BCUT2D eigenvalue weighted by atomic mass is 16.5. The summed E-state index contributed by atoms with van der Waals surface area (Å²) in [5.41, 5.74) is 3.29. The van der Waals surface area contributed by atoms with E-state index in [9.17, 15) is 9.59 Å². The SMILES string of the molecule is COC(=O)NCc1cc(C(=O)N2c3ccccc3CC2C)ccn1. The molecule has 0 radical (unpaired) electrons. The second-order valence-corrected chi connectivity index (χ2v) is 5.74. The molecule has 0 saturated heterocycles. The Kier molecular flexibility index (Phi) is 4.46. The van der Waals surface area contributed by atoms with E-state index in [2.05, 4.69) is 21.1 Å². The summed E-state index contributed by atoms with van der Waals surface area (Å²) in [7, 11) is 1.30. The maximum Gasteiger partial charge on any atom is 0.407 e. The Morgan fingerprint density at radius 3 is 2.92 bits per heavy atom. The summed E-state index contributed by atoms with van der Waals surface area (Å²) in [4.78, 5) is 30.1. The normalized spacial score (nSPS) is 15.8.